The van der Waals surface area contributed by atoms with Crippen LogP contribution in [0.25, 0.3) is 22.6 Å². The van der Waals surface area contributed by atoms with Gasteiger partial charge in [0, 0.05) is 17.7 Å². The van der Waals surface area contributed by atoms with Gasteiger partial charge in [0.1, 0.15) is 5.52 Å². The zero-order valence-corrected chi connectivity index (χ0v) is 10.6. The summed E-state index contributed by atoms with van der Waals surface area (Å²) in [5.41, 5.74) is 6.65. The summed E-state index contributed by atoms with van der Waals surface area (Å²) in [4.78, 5) is 25.9. The fourth-order valence-electron chi connectivity index (χ4n) is 2.02. The van der Waals surface area contributed by atoms with Crippen molar-refractivity contribution in [3.05, 3.63) is 58.1 Å². The van der Waals surface area contributed by atoms with E-state index in [-0.39, 0.29) is 17.1 Å². The molecule has 0 unspecified atom stereocenters. The van der Waals surface area contributed by atoms with Crippen molar-refractivity contribution in [1.82, 2.24) is 4.98 Å². The Balaban J connectivity index is 2.18. The molecule has 0 atom stereocenters. The maximum atomic E-state index is 11.4. The molecule has 104 valence electrons. The maximum Gasteiger partial charge on any atom is 0.270 e. The van der Waals surface area contributed by atoms with Crippen molar-refractivity contribution in [1.29, 1.82) is 0 Å². The summed E-state index contributed by atoms with van der Waals surface area (Å²) in [6.45, 7) is 0. The summed E-state index contributed by atoms with van der Waals surface area (Å²) in [7, 11) is 0. The molecule has 0 saturated carbocycles. The van der Waals surface area contributed by atoms with Gasteiger partial charge in [0.15, 0.2) is 5.58 Å². The number of rotatable bonds is 3. The third-order valence-electron chi connectivity index (χ3n) is 2.99. The molecule has 1 heterocycles. The number of aromatic nitrogens is 1. The van der Waals surface area contributed by atoms with Gasteiger partial charge >= 0.3 is 0 Å². The molecule has 0 bridgehead atoms. The van der Waals surface area contributed by atoms with Crippen molar-refractivity contribution >= 4 is 22.7 Å². The van der Waals surface area contributed by atoms with Gasteiger partial charge < -0.3 is 10.2 Å². The lowest BCUT2D eigenvalue weighted by Gasteiger charge is -1.95. The number of nitrogens with two attached hydrogens (primary N) is 1. The molecule has 0 spiro atoms. The number of nitro groups is 1. The third-order valence-corrected chi connectivity index (χ3v) is 2.99. The quantitative estimate of drug-likeness (QED) is 0.586. The van der Waals surface area contributed by atoms with Crippen molar-refractivity contribution in [3.63, 3.8) is 0 Å². The minimum Gasteiger partial charge on any atom is -0.436 e. The third kappa shape index (κ3) is 2.20. The van der Waals surface area contributed by atoms with E-state index in [4.69, 9.17) is 10.2 Å². The molecular weight excluding hydrogens is 274 g/mol. The Morgan fingerprint density at radius 3 is 2.71 bits per heavy atom. The molecular formula is C14H9N3O4. The Hall–Kier alpha value is -3.22. The second kappa shape index (κ2) is 4.71. The first-order valence-electron chi connectivity index (χ1n) is 6.00. The van der Waals surface area contributed by atoms with Crippen LogP contribution in [0.5, 0.6) is 0 Å². The molecule has 0 aliphatic carbocycles. The van der Waals surface area contributed by atoms with E-state index in [1.165, 1.54) is 18.2 Å². The second-order valence-electron chi connectivity index (χ2n) is 4.34. The molecule has 3 rings (SSSR count). The van der Waals surface area contributed by atoms with Crippen LogP contribution in [0, 0.1) is 10.1 Å². The Labute approximate surface area is 118 Å². The first-order chi connectivity index (χ1) is 10.1. The second-order valence-corrected chi connectivity index (χ2v) is 4.34. The molecule has 21 heavy (non-hydrogen) atoms. The highest BCUT2D eigenvalue weighted by Crippen LogP contribution is 2.28. The molecule has 7 heteroatoms. The van der Waals surface area contributed by atoms with Crippen molar-refractivity contribution in [2.75, 3.05) is 0 Å². The number of hydrogen-bond donors (Lipinski definition) is 1. The lowest BCUT2D eigenvalue weighted by Crippen LogP contribution is -2.11. The zero-order chi connectivity index (χ0) is 15.0. The molecule has 1 aromatic heterocycles. The molecule has 3 aromatic rings. The Bertz CT molecular complexity index is 870. The SMILES string of the molecule is NC(=O)c1cccc2oc(-c3cccc([N+](=O)[O-])c3)nc12. The molecule has 0 aliphatic rings. The van der Waals surface area contributed by atoms with E-state index < -0.39 is 10.8 Å². The highest BCUT2D eigenvalue weighted by atomic mass is 16.6. The van der Waals surface area contributed by atoms with E-state index >= 15 is 0 Å². The maximum absolute atomic E-state index is 11.4. The average molecular weight is 283 g/mol. The topological polar surface area (TPSA) is 112 Å². The fourth-order valence-corrected chi connectivity index (χ4v) is 2.02. The Morgan fingerprint density at radius 2 is 2.00 bits per heavy atom. The molecule has 0 saturated heterocycles. The van der Waals surface area contributed by atoms with Crippen LogP contribution in [0.3, 0.4) is 0 Å². The van der Waals surface area contributed by atoms with E-state index in [9.17, 15) is 14.9 Å². The number of carbonyl (C=O) groups is 1. The molecule has 0 radical (unpaired) electrons. The summed E-state index contributed by atoms with van der Waals surface area (Å²) < 4.78 is 5.54. The number of nitrogens with zero attached hydrogens (tertiary/aromatic N) is 2. The van der Waals surface area contributed by atoms with Crippen LogP contribution < -0.4 is 5.73 Å². The Kier molecular flexibility index (Phi) is 2.87. The number of benzene rings is 2. The van der Waals surface area contributed by atoms with Gasteiger partial charge in [0.05, 0.1) is 10.5 Å². The molecule has 2 N–H and O–H groups in total. The number of primary amides is 1. The number of fused-ring (bicyclic) bond motifs is 1. The highest BCUT2D eigenvalue weighted by Gasteiger charge is 2.15. The molecule has 7 nitrogen and oxygen atoms in total. The van der Waals surface area contributed by atoms with Crippen LogP contribution >= 0.6 is 0 Å². The predicted octanol–water partition coefficient (Wildman–Crippen LogP) is 2.50. The Morgan fingerprint density at radius 1 is 1.24 bits per heavy atom. The summed E-state index contributed by atoms with van der Waals surface area (Å²) in [6, 6.07) is 10.7. The van der Waals surface area contributed by atoms with Crippen LogP contribution in [-0.4, -0.2) is 15.8 Å². The first kappa shape index (κ1) is 12.8. The van der Waals surface area contributed by atoms with E-state index in [1.54, 1.807) is 24.3 Å². The van der Waals surface area contributed by atoms with Gasteiger partial charge in [0.2, 0.25) is 5.89 Å². The van der Waals surface area contributed by atoms with Crippen molar-refractivity contribution in [3.8, 4) is 11.5 Å². The number of para-hydroxylation sites is 1. The summed E-state index contributed by atoms with van der Waals surface area (Å²) in [6.07, 6.45) is 0. The van der Waals surface area contributed by atoms with Gasteiger partial charge in [0.25, 0.3) is 11.6 Å². The minimum atomic E-state index is -0.612. The summed E-state index contributed by atoms with van der Waals surface area (Å²) >= 11 is 0. The van der Waals surface area contributed by atoms with E-state index in [0.717, 1.165) is 0 Å². The van der Waals surface area contributed by atoms with E-state index in [0.29, 0.717) is 16.7 Å². The van der Waals surface area contributed by atoms with Crippen LogP contribution in [0.1, 0.15) is 10.4 Å². The summed E-state index contributed by atoms with van der Waals surface area (Å²) in [5.74, 6) is -0.415. The molecule has 2 aromatic carbocycles. The van der Waals surface area contributed by atoms with Crippen molar-refractivity contribution in [2.45, 2.75) is 0 Å². The van der Waals surface area contributed by atoms with Gasteiger partial charge in [-0.15, -0.1) is 0 Å². The number of carbonyl (C=O) groups excluding carboxylic acids is 1. The van der Waals surface area contributed by atoms with Crippen molar-refractivity contribution < 1.29 is 14.1 Å². The average Bonchev–Trinajstić information content (AvgIpc) is 2.91. The first-order valence-corrected chi connectivity index (χ1v) is 6.00. The van der Waals surface area contributed by atoms with Gasteiger partial charge in [-0.1, -0.05) is 12.1 Å². The number of non-ortho nitro benzene ring substituents is 1. The van der Waals surface area contributed by atoms with Crippen molar-refractivity contribution in [2.24, 2.45) is 5.73 Å². The zero-order valence-electron chi connectivity index (χ0n) is 10.6. The normalized spacial score (nSPS) is 10.7. The number of oxazole rings is 1. The fraction of sp³-hybridized carbons (Fsp3) is 0. The van der Waals surface area contributed by atoms with Gasteiger partial charge in [-0.05, 0) is 18.2 Å². The van der Waals surface area contributed by atoms with Crippen LogP contribution in [0.15, 0.2) is 46.9 Å². The molecule has 0 fully saturated rings. The standard InChI is InChI=1S/C14H9N3O4/c15-13(18)10-5-2-6-11-12(10)16-14(21-11)8-3-1-4-9(7-8)17(19)20/h1-7H,(H2,15,18). The molecule has 0 aliphatic heterocycles. The van der Waals surface area contributed by atoms with Crippen LogP contribution in [0.4, 0.5) is 5.69 Å². The predicted molar refractivity (Wildman–Crippen MR) is 74.6 cm³/mol. The van der Waals surface area contributed by atoms with Gasteiger partial charge in [-0.3, -0.25) is 14.9 Å². The van der Waals surface area contributed by atoms with E-state index in [1.807, 2.05) is 0 Å². The lowest BCUT2D eigenvalue weighted by molar-refractivity contribution is -0.384. The minimum absolute atomic E-state index is 0.0649. The smallest absolute Gasteiger partial charge is 0.270 e. The number of amides is 1. The largest absolute Gasteiger partial charge is 0.436 e. The van der Waals surface area contributed by atoms with Gasteiger partial charge in [-0.2, -0.15) is 0 Å². The van der Waals surface area contributed by atoms with Gasteiger partial charge in [-0.25, -0.2) is 4.98 Å². The van der Waals surface area contributed by atoms with Crippen LogP contribution in [-0.2, 0) is 0 Å². The summed E-state index contributed by atoms with van der Waals surface area (Å²) in [5, 5.41) is 10.8. The lowest BCUT2D eigenvalue weighted by atomic mass is 10.2. The number of hydrogen-bond acceptors (Lipinski definition) is 5. The monoisotopic (exact) mass is 283 g/mol. The molecule has 1 amide bonds. The van der Waals surface area contributed by atoms with E-state index in [2.05, 4.69) is 4.98 Å². The number of nitro benzene ring substituents is 1. The highest BCUT2D eigenvalue weighted by molar-refractivity contribution is 6.03. The van der Waals surface area contributed by atoms with Crippen LogP contribution in [0.2, 0.25) is 0 Å².